The predicted molar refractivity (Wildman–Crippen MR) is 112 cm³/mol. The van der Waals surface area contributed by atoms with E-state index in [0.29, 0.717) is 22.9 Å². The van der Waals surface area contributed by atoms with Gasteiger partial charge >= 0.3 is 5.97 Å². The molecule has 8 nitrogen and oxygen atoms in total. The van der Waals surface area contributed by atoms with Crippen LogP contribution >= 0.6 is 0 Å². The van der Waals surface area contributed by atoms with Gasteiger partial charge in [-0.2, -0.15) is 0 Å². The first-order valence-corrected chi connectivity index (χ1v) is 9.79. The summed E-state index contributed by atoms with van der Waals surface area (Å²) in [5, 5.41) is 3.96. The lowest BCUT2D eigenvalue weighted by Gasteiger charge is -2.19. The first-order valence-electron chi connectivity index (χ1n) is 9.79. The zero-order valence-electron chi connectivity index (χ0n) is 17.2. The summed E-state index contributed by atoms with van der Waals surface area (Å²) in [6.45, 7) is 0.214. The van der Waals surface area contributed by atoms with Crippen molar-refractivity contribution in [3.05, 3.63) is 60.3 Å². The van der Waals surface area contributed by atoms with Crippen molar-refractivity contribution < 1.29 is 28.3 Å². The molecule has 1 unspecified atom stereocenters. The standard InChI is InChI=1S/C23H22N2O6/c1-28-18-9-7-15(8-10-18)21-12-17(24-31-21)14-30-23(27)16-11-22(26)25(13-16)19-5-3-4-6-20(19)29-2/h3-10,12,16H,11,13-14H2,1-2H3. The molecule has 4 rings (SSSR count). The lowest BCUT2D eigenvalue weighted by Crippen LogP contribution is -2.26. The number of benzene rings is 2. The van der Waals surface area contributed by atoms with Crippen molar-refractivity contribution in [1.82, 2.24) is 5.16 Å². The number of ether oxygens (including phenoxy) is 3. The van der Waals surface area contributed by atoms with Gasteiger partial charge in [0, 0.05) is 24.6 Å². The van der Waals surface area contributed by atoms with Crippen molar-refractivity contribution in [3.63, 3.8) is 0 Å². The molecule has 3 aromatic rings. The Kier molecular flexibility index (Phi) is 5.88. The molecule has 0 bridgehead atoms. The maximum absolute atomic E-state index is 12.5. The Hall–Kier alpha value is -3.81. The average molecular weight is 422 g/mol. The van der Waals surface area contributed by atoms with Crippen LogP contribution in [0.2, 0.25) is 0 Å². The second kappa shape index (κ2) is 8.91. The van der Waals surface area contributed by atoms with E-state index in [4.69, 9.17) is 18.7 Å². The summed E-state index contributed by atoms with van der Waals surface area (Å²) in [6, 6.07) is 16.3. The monoisotopic (exact) mass is 422 g/mol. The first kappa shape index (κ1) is 20.5. The van der Waals surface area contributed by atoms with E-state index in [9.17, 15) is 9.59 Å². The van der Waals surface area contributed by atoms with Crippen LogP contribution in [0.3, 0.4) is 0 Å². The van der Waals surface area contributed by atoms with Gasteiger partial charge in [0.1, 0.15) is 23.8 Å². The van der Waals surface area contributed by atoms with Gasteiger partial charge in [0.15, 0.2) is 5.76 Å². The van der Waals surface area contributed by atoms with Crippen molar-refractivity contribution in [2.45, 2.75) is 13.0 Å². The fraction of sp³-hybridized carbons (Fsp3) is 0.261. The van der Waals surface area contributed by atoms with Crippen molar-refractivity contribution in [2.24, 2.45) is 5.92 Å². The van der Waals surface area contributed by atoms with E-state index in [1.54, 1.807) is 37.3 Å². The number of nitrogens with zero attached hydrogens (tertiary/aromatic N) is 2. The Bertz CT molecular complexity index is 1080. The van der Waals surface area contributed by atoms with E-state index in [1.807, 2.05) is 36.4 Å². The Morgan fingerprint density at radius 1 is 1.13 bits per heavy atom. The third kappa shape index (κ3) is 4.37. The molecule has 0 radical (unpaired) electrons. The van der Waals surface area contributed by atoms with E-state index in [1.165, 1.54) is 0 Å². The molecule has 1 aliphatic heterocycles. The van der Waals surface area contributed by atoms with Gasteiger partial charge < -0.3 is 23.6 Å². The maximum Gasteiger partial charge on any atom is 0.311 e. The zero-order valence-corrected chi connectivity index (χ0v) is 17.2. The van der Waals surface area contributed by atoms with Crippen LogP contribution in [0.4, 0.5) is 5.69 Å². The summed E-state index contributed by atoms with van der Waals surface area (Å²) in [5.41, 5.74) is 1.97. The Morgan fingerprint density at radius 2 is 1.90 bits per heavy atom. The van der Waals surface area contributed by atoms with Gasteiger partial charge in [0.05, 0.1) is 25.8 Å². The Labute approximate surface area is 179 Å². The van der Waals surface area contributed by atoms with Crippen molar-refractivity contribution in [3.8, 4) is 22.8 Å². The van der Waals surface area contributed by atoms with Gasteiger partial charge in [-0.15, -0.1) is 0 Å². The van der Waals surface area contributed by atoms with E-state index in [-0.39, 0.29) is 25.5 Å². The molecule has 31 heavy (non-hydrogen) atoms. The maximum atomic E-state index is 12.5. The van der Waals surface area contributed by atoms with Crippen LogP contribution < -0.4 is 14.4 Å². The van der Waals surface area contributed by atoms with Crippen molar-refractivity contribution >= 4 is 17.6 Å². The van der Waals surface area contributed by atoms with Gasteiger partial charge in [-0.3, -0.25) is 9.59 Å². The van der Waals surface area contributed by atoms with Gasteiger partial charge in [-0.25, -0.2) is 0 Å². The normalized spacial score (nSPS) is 15.7. The molecule has 0 N–H and O–H groups in total. The average Bonchev–Trinajstić information content (AvgIpc) is 3.44. The fourth-order valence-electron chi connectivity index (χ4n) is 3.49. The summed E-state index contributed by atoms with van der Waals surface area (Å²) in [6.07, 6.45) is 0.0901. The van der Waals surface area contributed by atoms with Crippen LogP contribution in [0.1, 0.15) is 12.1 Å². The summed E-state index contributed by atoms with van der Waals surface area (Å²) in [5.74, 6) is 0.746. The van der Waals surface area contributed by atoms with E-state index >= 15 is 0 Å². The molecule has 1 aliphatic rings. The molecule has 0 spiro atoms. The van der Waals surface area contributed by atoms with Gasteiger partial charge in [0.2, 0.25) is 5.91 Å². The molecule has 1 saturated heterocycles. The smallest absolute Gasteiger partial charge is 0.311 e. The molecule has 1 aromatic heterocycles. The first-order chi connectivity index (χ1) is 15.1. The lowest BCUT2D eigenvalue weighted by molar-refractivity contribution is -0.149. The number of esters is 1. The van der Waals surface area contributed by atoms with Crippen LogP contribution in [0, 0.1) is 5.92 Å². The lowest BCUT2D eigenvalue weighted by atomic mass is 10.1. The summed E-state index contributed by atoms with van der Waals surface area (Å²) in [7, 11) is 3.15. The number of methoxy groups -OCH3 is 2. The molecular weight excluding hydrogens is 400 g/mol. The van der Waals surface area contributed by atoms with E-state index in [2.05, 4.69) is 5.16 Å². The summed E-state index contributed by atoms with van der Waals surface area (Å²) in [4.78, 5) is 26.6. The van der Waals surface area contributed by atoms with Gasteiger partial charge in [-0.05, 0) is 36.4 Å². The number of rotatable bonds is 7. The quantitative estimate of drug-likeness (QED) is 0.539. The van der Waals surface area contributed by atoms with E-state index < -0.39 is 11.9 Å². The molecule has 1 atom stereocenters. The van der Waals surface area contributed by atoms with E-state index in [0.717, 1.165) is 11.3 Å². The number of carbonyl (C=O) groups is 2. The number of hydrogen-bond acceptors (Lipinski definition) is 7. The number of carbonyl (C=O) groups excluding carboxylic acids is 2. The highest BCUT2D eigenvalue weighted by Crippen LogP contribution is 2.33. The fourth-order valence-corrected chi connectivity index (χ4v) is 3.49. The second-order valence-electron chi connectivity index (χ2n) is 7.10. The third-order valence-corrected chi connectivity index (χ3v) is 5.13. The second-order valence-corrected chi connectivity index (χ2v) is 7.10. The molecule has 0 saturated carbocycles. The SMILES string of the molecule is COc1ccc(-c2cc(COC(=O)C3CC(=O)N(c4ccccc4OC)C3)no2)cc1. The largest absolute Gasteiger partial charge is 0.497 e. The molecule has 8 heteroatoms. The third-order valence-electron chi connectivity index (χ3n) is 5.13. The van der Waals surface area contributed by atoms with Crippen LogP contribution in [-0.2, 0) is 20.9 Å². The highest BCUT2D eigenvalue weighted by molar-refractivity contribution is 6.00. The highest BCUT2D eigenvalue weighted by atomic mass is 16.5. The minimum atomic E-state index is -0.551. The minimum Gasteiger partial charge on any atom is -0.497 e. The molecule has 1 amide bonds. The predicted octanol–water partition coefficient (Wildman–Crippen LogP) is 3.46. The number of para-hydroxylation sites is 2. The zero-order chi connectivity index (χ0) is 21.8. The van der Waals surface area contributed by atoms with Crippen molar-refractivity contribution in [1.29, 1.82) is 0 Å². The molecule has 160 valence electrons. The van der Waals surface area contributed by atoms with Gasteiger partial charge in [0.25, 0.3) is 0 Å². The number of amides is 1. The van der Waals surface area contributed by atoms with Crippen LogP contribution in [0.5, 0.6) is 11.5 Å². The Morgan fingerprint density at radius 3 is 2.65 bits per heavy atom. The topological polar surface area (TPSA) is 91.1 Å². The molecule has 2 aromatic carbocycles. The minimum absolute atomic E-state index is 0.0299. The summed E-state index contributed by atoms with van der Waals surface area (Å²) < 4.78 is 21.2. The van der Waals surface area contributed by atoms with Gasteiger partial charge in [-0.1, -0.05) is 17.3 Å². The van der Waals surface area contributed by atoms with Crippen LogP contribution in [-0.4, -0.2) is 37.8 Å². The molecule has 0 aliphatic carbocycles. The molecule has 2 heterocycles. The number of aromatic nitrogens is 1. The van der Waals surface area contributed by atoms with Crippen LogP contribution in [0.15, 0.2) is 59.1 Å². The van der Waals surface area contributed by atoms with Crippen molar-refractivity contribution in [2.75, 3.05) is 25.7 Å². The highest BCUT2D eigenvalue weighted by Gasteiger charge is 2.37. The van der Waals surface area contributed by atoms with Crippen LogP contribution in [0.25, 0.3) is 11.3 Å². The molecular formula is C23H22N2O6. The number of anilines is 1. The summed E-state index contributed by atoms with van der Waals surface area (Å²) >= 11 is 0. The Balaban J connectivity index is 1.36. The molecule has 1 fully saturated rings. The number of hydrogen-bond donors (Lipinski definition) is 0.